The van der Waals surface area contributed by atoms with Gasteiger partial charge in [0.05, 0.1) is 4.90 Å². The molecule has 13 heavy (non-hydrogen) atoms. The van der Waals surface area contributed by atoms with Crippen LogP contribution in [0.3, 0.4) is 0 Å². The molecule has 66 valence electrons. The van der Waals surface area contributed by atoms with E-state index in [2.05, 4.69) is 0 Å². The second-order valence-electron chi connectivity index (χ2n) is 2.68. The van der Waals surface area contributed by atoms with E-state index in [4.69, 9.17) is 0 Å². The van der Waals surface area contributed by atoms with E-state index in [1.165, 1.54) is 0 Å². The van der Waals surface area contributed by atoms with E-state index < -0.39 is 10.1 Å². The van der Waals surface area contributed by atoms with Gasteiger partial charge < -0.3 is 4.55 Å². The normalized spacial score (nSPS) is 10.7. The van der Waals surface area contributed by atoms with Crippen LogP contribution in [-0.2, 0) is 10.1 Å². The maximum atomic E-state index is 10.7. The molecule has 0 N–H and O–H groups in total. The summed E-state index contributed by atoms with van der Waals surface area (Å²) in [6, 6.07) is 4.94. The number of rotatable bonds is 1. The zero-order chi connectivity index (χ0) is 9.35. The first-order chi connectivity index (χ1) is 5.43. The third kappa shape index (κ3) is 3.43. The number of hydrogen-bond acceptors (Lipinski definition) is 3. The van der Waals surface area contributed by atoms with Crippen molar-refractivity contribution in [3.05, 3.63) is 29.3 Å². The summed E-state index contributed by atoms with van der Waals surface area (Å²) < 4.78 is 32.2. The van der Waals surface area contributed by atoms with Crippen LogP contribution in [0.5, 0.6) is 0 Å². The predicted molar refractivity (Wildman–Crippen MR) is 43.9 cm³/mol. The van der Waals surface area contributed by atoms with E-state index in [9.17, 15) is 13.0 Å². The van der Waals surface area contributed by atoms with Crippen LogP contribution in [0.1, 0.15) is 11.1 Å². The topological polar surface area (TPSA) is 57.2 Å². The minimum absolute atomic E-state index is 0. The van der Waals surface area contributed by atoms with Crippen molar-refractivity contribution in [2.75, 3.05) is 0 Å². The summed E-state index contributed by atoms with van der Waals surface area (Å²) in [5.74, 6) is 0. The molecule has 0 radical (unpaired) electrons. The summed E-state index contributed by atoms with van der Waals surface area (Å²) in [5.41, 5.74) is 1.01. The van der Waals surface area contributed by atoms with Crippen LogP contribution in [0, 0.1) is 13.8 Å². The van der Waals surface area contributed by atoms with E-state index in [-0.39, 0.29) is 56.3 Å². The van der Waals surface area contributed by atoms with Crippen LogP contribution < -0.4 is 51.4 Å². The molecule has 0 aromatic heterocycles. The van der Waals surface area contributed by atoms with Gasteiger partial charge in [-0.2, -0.15) is 0 Å². The Morgan fingerprint density at radius 3 is 1.77 bits per heavy atom. The van der Waals surface area contributed by atoms with Crippen molar-refractivity contribution in [1.29, 1.82) is 0 Å². The van der Waals surface area contributed by atoms with Gasteiger partial charge in [-0.05, 0) is 25.0 Å². The molecule has 0 aliphatic heterocycles. The van der Waals surface area contributed by atoms with Crippen LogP contribution >= 0.6 is 0 Å². The molecular formula is C8H9KO3S. The Labute approximate surface area is 121 Å². The number of benzene rings is 1. The van der Waals surface area contributed by atoms with Crippen LogP contribution in [0.15, 0.2) is 23.1 Å². The van der Waals surface area contributed by atoms with Gasteiger partial charge in [0.25, 0.3) is 0 Å². The first-order valence-electron chi connectivity index (χ1n) is 3.45. The zero-order valence-electron chi connectivity index (χ0n) is 7.87. The second kappa shape index (κ2) is 5.02. The summed E-state index contributed by atoms with van der Waals surface area (Å²) in [6.07, 6.45) is 0. The molecule has 5 heteroatoms. The zero-order valence-corrected chi connectivity index (χ0v) is 11.8. The van der Waals surface area contributed by atoms with Crippen molar-refractivity contribution in [3.8, 4) is 0 Å². The van der Waals surface area contributed by atoms with Gasteiger partial charge >= 0.3 is 51.4 Å². The third-order valence-corrected chi connectivity index (χ3v) is 2.80. The van der Waals surface area contributed by atoms with Crippen LogP contribution in [0.4, 0.5) is 0 Å². The van der Waals surface area contributed by atoms with Crippen LogP contribution in [0.25, 0.3) is 0 Å². The molecule has 1 aromatic carbocycles. The predicted octanol–water partition coefficient (Wildman–Crippen LogP) is -1.79. The second-order valence-corrected chi connectivity index (χ2v) is 3.99. The molecule has 0 saturated carbocycles. The van der Waals surface area contributed by atoms with Crippen molar-refractivity contribution in [3.63, 3.8) is 0 Å². The van der Waals surface area contributed by atoms with Crippen LogP contribution in [-0.4, -0.2) is 13.0 Å². The van der Waals surface area contributed by atoms with Gasteiger partial charge in [-0.1, -0.05) is 18.2 Å². The Bertz CT molecular complexity index is 378. The molecule has 1 aromatic rings. The van der Waals surface area contributed by atoms with Crippen molar-refractivity contribution < 1.29 is 64.4 Å². The molecule has 0 amide bonds. The van der Waals surface area contributed by atoms with Gasteiger partial charge in [0.15, 0.2) is 0 Å². The van der Waals surface area contributed by atoms with Crippen LogP contribution in [0.2, 0.25) is 0 Å². The standard InChI is InChI=1S/C8H10O3S.K/c1-6-4-3-5-7(2)8(6)12(9,10)11;/h3-5H,1-2H3,(H,9,10,11);/q;+1/p-1. The Morgan fingerprint density at radius 1 is 1.15 bits per heavy atom. The fraction of sp³-hybridized carbons (Fsp3) is 0.250. The van der Waals surface area contributed by atoms with Gasteiger partial charge in [-0.3, -0.25) is 0 Å². The number of aryl methyl sites for hydroxylation is 2. The SMILES string of the molecule is Cc1cccc(C)c1S(=O)(=O)[O-].[K+]. The largest absolute Gasteiger partial charge is 1.00 e. The van der Waals surface area contributed by atoms with Gasteiger partial charge in [0.2, 0.25) is 0 Å². The van der Waals surface area contributed by atoms with Crippen molar-refractivity contribution in [2.24, 2.45) is 0 Å². The monoisotopic (exact) mass is 224 g/mol. The molecule has 0 bridgehead atoms. The third-order valence-electron chi connectivity index (χ3n) is 1.66. The average Bonchev–Trinajstić information content (AvgIpc) is 1.82. The first-order valence-corrected chi connectivity index (χ1v) is 4.86. The molecule has 0 saturated heterocycles. The van der Waals surface area contributed by atoms with Crippen molar-refractivity contribution in [1.82, 2.24) is 0 Å². The van der Waals surface area contributed by atoms with Gasteiger partial charge in [0, 0.05) is 0 Å². The minimum atomic E-state index is -4.31. The summed E-state index contributed by atoms with van der Waals surface area (Å²) in [7, 11) is -4.31. The fourth-order valence-electron chi connectivity index (χ4n) is 1.19. The van der Waals surface area contributed by atoms with E-state index in [0.717, 1.165) is 0 Å². The smallest absolute Gasteiger partial charge is 0.744 e. The molecule has 0 fully saturated rings. The van der Waals surface area contributed by atoms with E-state index >= 15 is 0 Å². The van der Waals surface area contributed by atoms with E-state index in [1.54, 1.807) is 32.0 Å². The molecule has 0 unspecified atom stereocenters. The molecule has 0 aliphatic rings. The Kier molecular flexibility index (Phi) is 5.31. The molecule has 0 atom stereocenters. The maximum Gasteiger partial charge on any atom is 1.00 e. The minimum Gasteiger partial charge on any atom is -0.744 e. The summed E-state index contributed by atoms with van der Waals surface area (Å²) in [6.45, 7) is 3.22. The van der Waals surface area contributed by atoms with E-state index in [1.807, 2.05) is 0 Å². The molecule has 1 rings (SSSR count). The summed E-state index contributed by atoms with van der Waals surface area (Å²) in [4.78, 5) is -0.0926. The molecular weight excluding hydrogens is 215 g/mol. The Hall–Kier alpha value is 0.766. The number of hydrogen-bond donors (Lipinski definition) is 0. The van der Waals surface area contributed by atoms with Crippen molar-refractivity contribution >= 4 is 10.1 Å². The van der Waals surface area contributed by atoms with Gasteiger partial charge in [0.1, 0.15) is 10.1 Å². The quantitative estimate of drug-likeness (QED) is 0.418. The maximum absolute atomic E-state index is 10.7. The first kappa shape index (κ1) is 13.8. The Balaban J connectivity index is 0.00000144. The summed E-state index contributed by atoms with van der Waals surface area (Å²) >= 11 is 0. The summed E-state index contributed by atoms with van der Waals surface area (Å²) in [5, 5.41) is 0. The van der Waals surface area contributed by atoms with Crippen molar-refractivity contribution in [2.45, 2.75) is 18.7 Å². The molecule has 0 spiro atoms. The van der Waals surface area contributed by atoms with E-state index in [0.29, 0.717) is 11.1 Å². The average molecular weight is 224 g/mol. The molecule has 0 aliphatic carbocycles. The molecule has 0 heterocycles. The van der Waals surface area contributed by atoms with Gasteiger partial charge in [-0.25, -0.2) is 8.42 Å². The van der Waals surface area contributed by atoms with Gasteiger partial charge in [-0.15, -0.1) is 0 Å². The fourth-order valence-corrected chi connectivity index (χ4v) is 2.12. The molecule has 3 nitrogen and oxygen atoms in total. The Morgan fingerprint density at radius 2 is 1.54 bits per heavy atom.